The zero-order valence-electron chi connectivity index (χ0n) is 9.89. The van der Waals surface area contributed by atoms with Crippen molar-refractivity contribution in [3.63, 3.8) is 0 Å². The second-order valence-electron chi connectivity index (χ2n) is 4.36. The van der Waals surface area contributed by atoms with E-state index in [0.717, 1.165) is 5.69 Å². The zero-order chi connectivity index (χ0) is 11.5. The first-order chi connectivity index (χ1) is 7.68. The predicted octanol–water partition coefficient (Wildman–Crippen LogP) is 2.04. The first-order valence-electron chi connectivity index (χ1n) is 5.70. The number of thioether (sulfide) groups is 1. The molecule has 88 valence electrons. The Bertz CT molecular complexity index is 331. The fourth-order valence-electron chi connectivity index (χ4n) is 1.91. The van der Waals surface area contributed by atoms with Crippen molar-refractivity contribution in [3.8, 4) is 0 Å². The van der Waals surface area contributed by atoms with Crippen molar-refractivity contribution < 1.29 is 0 Å². The lowest BCUT2D eigenvalue weighted by molar-refractivity contribution is 0.696. The van der Waals surface area contributed by atoms with Crippen LogP contribution in [-0.4, -0.2) is 29.6 Å². The van der Waals surface area contributed by atoms with Gasteiger partial charge in [0.1, 0.15) is 0 Å². The molecule has 1 aliphatic rings. The van der Waals surface area contributed by atoms with Gasteiger partial charge < -0.3 is 10.6 Å². The van der Waals surface area contributed by atoms with Gasteiger partial charge in [-0.2, -0.15) is 11.8 Å². The average molecular weight is 237 g/mol. The third-order valence-corrected chi connectivity index (χ3v) is 4.24. The van der Waals surface area contributed by atoms with E-state index in [1.165, 1.54) is 23.6 Å². The molecule has 1 aromatic heterocycles. The van der Waals surface area contributed by atoms with Crippen molar-refractivity contribution in [3.05, 3.63) is 24.0 Å². The molecule has 2 heterocycles. The van der Waals surface area contributed by atoms with E-state index in [0.29, 0.717) is 6.04 Å². The van der Waals surface area contributed by atoms with Crippen LogP contribution in [0.5, 0.6) is 0 Å². The topological polar surface area (TPSA) is 42.1 Å². The van der Waals surface area contributed by atoms with Crippen LogP contribution in [0, 0.1) is 0 Å². The molecule has 0 radical (unpaired) electrons. The summed E-state index contributed by atoms with van der Waals surface area (Å²) >= 11 is 2.03. The minimum absolute atomic E-state index is 0.0152. The molecule has 2 rings (SSSR count). The molecule has 1 unspecified atom stereocenters. The maximum Gasteiger partial charge on any atom is 0.0569 e. The Morgan fingerprint density at radius 3 is 2.88 bits per heavy atom. The highest BCUT2D eigenvalue weighted by Gasteiger charge is 2.20. The minimum atomic E-state index is 0.0152. The number of aromatic nitrogens is 1. The molecule has 2 N–H and O–H groups in total. The van der Waals surface area contributed by atoms with E-state index in [2.05, 4.69) is 23.0 Å². The van der Waals surface area contributed by atoms with E-state index in [1.54, 1.807) is 0 Å². The molecule has 1 aliphatic heterocycles. The van der Waals surface area contributed by atoms with E-state index in [1.807, 2.05) is 30.9 Å². The van der Waals surface area contributed by atoms with Crippen LogP contribution in [0.15, 0.2) is 18.3 Å². The molecule has 0 saturated carbocycles. The minimum Gasteiger partial charge on any atom is -0.370 e. The maximum atomic E-state index is 5.78. The van der Waals surface area contributed by atoms with Crippen LogP contribution >= 0.6 is 11.8 Å². The summed E-state index contributed by atoms with van der Waals surface area (Å²) in [7, 11) is 2.15. The van der Waals surface area contributed by atoms with Crippen LogP contribution in [-0.2, 0) is 0 Å². The Labute approximate surface area is 101 Å². The molecule has 0 bridgehead atoms. The highest BCUT2D eigenvalue weighted by atomic mass is 32.2. The molecular weight excluding hydrogens is 218 g/mol. The van der Waals surface area contributed by atoms with Gasteiger partial charge >= 0.3 is 0 Å². The Morgan fingerprint density at radius 2 is 2.38 bits per heavy atom. The molecule has 1 fully saturated rings. The lowest BCUT2D eigenvalue weighted by atomic mass is 10.2. The average Bonchev–Trinajstić information content (AvgIpc) is 2.81. The van der Waals surface area contributed by atoms with Gasteiger partial charge in [0.15, 0.2) is 0 Å². The Morgan fingerprint density at radius 1 is 1.56 bits per heavy atom. The second kappa shape index (κ2) is 5.06. The normalized spacial score (nSPS) is 22.1. The molecule has 0 amide bonds. The molecule has 3 nitrogen and oxygen atoms in total. The van der Waals surface area contributed by atoms with Gasteiger partial charge in [-0.25, -0.2) is 0 Å². The number of rotatable bonds is 3. The predicted molar refractivity (Wildman–Crippen MR) is 71.0 cm³/mol. The summed E-state index contributed by atoms with van der Waals surface area (Å²) in [4.78, 5) is 6.73. The fraction of sp³-hybridized carbons (Fsp3) is 0.583. The van der Waals surface area contributed by atoms with E-state index in [4.69, 9.17) is 5.73 Å². The number of nitrogens with zero attached hydrogens (tertiary/aromatic N) is 2. The van der Waals surface area contributed by atoms with Crippen LogP contribution in [0.3, 0.4) is 0 Å². The third kappa shape index (κ3) is 2.50. The summed E-state index contributed by atoms with van der Waals surface area (Å²) in [5.41, 5.74) is 7.93. The largest absolute Gasteiger partial charge is 0.370 e. The van der Waals surface area contributed by atoms with Crippen molar-refractivity contribution >= 4 is 17.4 Å². The Kier molecular flexibility index (Phi) is 3.71. The number of hydrogen-bond acceptors (Lipinski definition) is 4. The van der Waals surface area contributed by atoms with Crippen LogP contribution in [0.2, 0.25) is 0 Å². The zero-order valence-corrected chi connectivity index (χ0v) is 10.7. The van der Waals surface area contributed by atoms with Gasteiger partial charge in [-0.3, -0.25) is 4.98 Å². The molecule has 1 saturated heterocycles. The molecule has 16 heavy (non-hydrogen) atoms. The molecule has 0 spiro atoms. The van der Waals surface area contributed by atoms with E-state index >= 15 is 0 Å². The van der Waals surface area contributed by atoms with Gasteiger partial charge in [-0.05, 0) is 31.2 Å². The second-order valence-corrected chi connectivity index (χ2v) is 5.51. The van der Waals surface area contributed by atoms with Crippen molar-refractivity contribution in [1.82, 2.24) is 4.98 Å². The third-order valence-electron chi connectivity index (χ3n) is 3.10. The monoisotopic (exact) mass is 237 g/mol. The summed E-state index contributed by atoms with van der Waals surface area (Å²) in [5, 5.41) is 0. The number of pyridine rings is 1. The van der Waals surface area contributed by atoms with Gasteiger partial charge in [-0.15, -0.1) is 0 Å². The maximum absolute atomic E-state index is 5.78. The van der Waals surface area contributed by atoms with Gasteiger partial charge in [-0.1, -0.05) is 0 Å². The summed E-state index contributed by atoms with van der Waals surface area (Å²) in [6.45, 7) is 1.96. The van der Waals surface area contributed by atoms with Crippen molar-refractivity contribution in [1.29, 1.82) is 0 Å². The van der Waals surface area contributed by atoms with Gasteiger partial charge in [0.25, 0.3) is 0 Å². The number of hydrogen-bond donors (Lipinski definition) is 1. The van der Waals surface area contributed by atoms with Crippen LogP contribution in [0.4, 0.5) is 5.69 Å². The van der Waals surface area contributed by atoms with Crippen LogP contribution < -0.4 is 10.6 Å². The molecule has 2 atom stereocenters. The summed E-state index contributed by atoms with van der Waals surface area (Å²) in [6.07, 6.45) is 3.21. The van der Waals surface area contributed by atoms with Gasteiger partial charge in [0, 0.05) is 24.9 Å². The SMILES string of the molecule is C[C@H](N)c1ccc(N(C)C2CCSC2)cn1. The molecule has 1 aromatic rings. The summed E-state index contributed by atoms with van der Waals surface area (Å²) in [5.74, 6) is 2.51. The highest BCUT2D eigenvalue weighted by molar-refractivity contribution is 7.99. The number of nitrogens with two attached hydrogens (primary N) is 1. The number of anilines is 1. The Hall–Kier alpha value is -0.740. The van der Waals surface area contributed by atoms with Crippen LogP contribution in [0.1, 0.15) is 25.1 Å². The summed E-state index contributed by atoms with van der Waals surface area (Å²) < 4.78 is 0. The van der Waals surface area contributed by atoms with Crippen molar-refractivity contribution in [2.24, 2.45) is 5.73 Å². The Balaban J connectivity index is 2.08. The molecular formula is C12H19N3S. The van der Waals surface area contributed by atoms with Crippen LogP contribution in [0.25, 0.3) is 0 Å². The van der Waals surface area contributed by atoms with E-state index < -0.39 is 0 Å². The van der Waals surface area contributed by atoms with Gasteiger partial charge in [0.2, 0.25) is 0 Å². The van der Waals surface area contributed by atoms with Crippen molar-refractivity contribution in [2.45, 2.75) is 25.4 Å². The lowest BCUT2D eigenvalue weighted by Gasteiger charge is -2.25. The standard InChI is InChI=1S/C12H19N3S/c1-9(13)12-4-3-10(7-14-12)15(2)11-5-6-16-8-11/h3-4,7,9,11H,5-6,8,13H2,1-2H3/t9-,11?/m0/s1. The summed E-state index contributed by atoms with van der Waals surface area (Å²) in [6, 6.07) is 4.82. The molecule has 0 aromatic carbocycles. The van der Waals surface area contributed by atoms with E-state index in [9.17, 15) is 0 Å². The lowest BCUT2D eigenvalue weighted by Crippen LogP contribution is -2.31. The molecule has 4 heteroatoms. The smallest absolute Gasteiger partial charge is 0.0569 e. The quantitative estimate of drug-likeness (QED) is 0.873. The fourth-order valence-corrected chi connectivity index (χ4v) is 3.18. The van der Waals surface area contributed by atoms with Crippen molar-refractivity contribution in [2.75, 3.05) is 23.5 Å². The van der Waals surface area contributed by atoms with Gasteiger partial charge in [0.05, 0.1) is 17.6 Å². The first kappa shape index (κ1) is 11.7. The first-order valence-corrected chi connectivity index (χ1v) is 6.86. The van der Waals surface area contributed by atoms with E-state index in [-0.39, 0.29) is 6.04 Å². The highest BCUT2D eigenvalue weighted by Crippen LogP contribution is 2.25. The molecule has 0 aliphatic carbocycles.